The molecule has 0 spiro atoms. The normalized spacial score (nSPS) is 9.63. The van der Waals surface area contributed by atoms with Crippen LogP contribution < -0.4 is 5.32 Å². The number of pyridine rings is 2. The third-order valence-corrected chi connectivity index (χ3v) is 2.51. The van der Waals surface area contributed by atoms with E-state index in [2.05, 4.69) is 15.3 Å². The van der Waals surface area contributed by atoms with E-state index in [-0.39, 0.29) is 12.3 Å². The van der Waals surface area contributed by atoms with Gasteiger partial charge in [-0.05, 0) is 23.8 Å². The Kier molecular flexibility index (Phi) is 4.19. The van der Waals surface area contributed by atoms with Crippen LogP contribution in [0.5, 0.6) is 0 Å². The van der Waals surface area contributed by atoms with E-state index < -0.39 is 0 Å². The minimum Gasteiger partial charge on any atom is -0.348 e. The topological polar surface area (TPSA) is 78.7 Å². The molecule has 0 aliphatic rings. The van der Waals surface area contributed by atoms with Gasteiger partial charge in [-0.1, -0.05) is 6.07 Å². The zero-order chi connectivity index (χ0) is 13.5. The molecule has 2 aromatic rings. The number of nitrogens with zero attached hydrogens (tertiary/aromatic N) is 3. The fourth-order valence-corrected chi connectivity index (χ4v) is 1.58. The van der Waals surface area contributed by atoms with Gasteiger partial charge in [0.05, 0.1) is 18.2 Å². The molecule has 0 atom stereocenters. The van der Waals surface area contributed by atoms with Gasteiger partial charge in [0.2, 0.25) is 0 Å². The molecular formula is C14H12N4O. The van der Waals surface area contributed by atoms with Crippen LogP contribution in [0.15, 0.2) is 42.9 Å². The molecule has 0 saturated heterocycles. The van der Waals surface area contributed by atoms with Crippen molar-refractivity contribution in [2.45, 2.75) is 13.0 Å². The van der Waals surface area contributed by atoms with E-state index >= 15 is 0 Å². The number of amides is 1. The number of nitrogens with one attached hydrogen (secondary N) is 1. The number of rotatable bonds is 4. The highest BCUT2D eigenvalue weighted by atomic mass is 16.1. The average molecular weight is 252 g/mol. The maximum Gasteiger partial charge on any atom is 0.251 e. The number of hydrogen-bond donors (Lipinski definition) is 1. The molecule has 5 heteroatoms. The number of aromatic nitrogens is 2. The lowest BCUT2D eigenvalue weighted by molar-refractivity contribution is 0.0950. The number of hydrogen-bond acceptors (Lipinski definition) is 4. The lowest BCUT2D eigenvalue weighted by Crippen LogP contribution is -2.23. The molecule has 0 unspecified atom stereocenters. The molecule has 0 aromatic carbocycles. The molecule has 5 nitrogen and oxygen atoms in total. The molecule has 0 aliphatic carbocycles. The Morgan fingerprint density at radius 1 is 1.37 bits per heavy atom. The smallest absolute Gasteiger partial charge is 0.251 e. The van der Waals surface area contributed by atoms with Crippen molar-refractivity contribution in [2.75, 3.05) is 0 Å². The molecule has 0 saturated carbocycles. The van der Waals surface area contributed by atoms with Gasteiger partial charge in [0, 0.05) is 30.7 Å². The maximum absolute atomic E-state index is 11.9. The molecule has 2 aromatic heterocycles. The van der Waals surface area contributed by atoms with Crippen LogP contribution in [0.3, 0.4) is 0 Å². The largest absolute Gasteiger partial charge is 0.348 e. The third-order valence-electron chi connectivity index (χ3n) is 2.51. The number of carbonyl (C=O) groups excluding carboxylic acids is 1. The van der Waals surface area contributed by atoms with E-state index in [1.165, 1.54) is 6.20 Å². The van der Waals surface area contributed by atoms with Gasteiger partial charge >= 0.3 is 0 Å². The first-order valence-corrected chi connectivity index (χ1v) is 5.78. The molecule has 0 bridgehead atoms. The van der Waals surface area contributed by atoms with Gasteiger partial charge in [-0.15, -0.1) is 0 Å². The van der Waals surface area contributed by atoms with E-state index in [1.807, 2.05) is 18.2 Å². The van der Waals surface area contributed by atoms with Crippen molar-refractivity contribution in [2.24, 2.45) is 0 Å². The minimum absolute atomic E-state index is 0.189. The standard InChI is InChI=1S/C14H12N4O/c15-5-3-13-8-12(4-7-17-13)14(19)18-10-11-2-1-6-16-9-11/h1-2,4,6-9H,3,10H2,(H,18,19). The quantitative estimate of drug-likeness (QED) is 0.893. The minimum atomic E-state index is -0.189. The molecular weight excluding hydrogens is 240 g/mol. The van der Waals surface area contributed by atoms with Gasteiger partial charge in [0.25, 0.3) is 5.91 Å². The van der Waals surface area contributed by atoms with Crippen molar-refractivity contribution in [3.8, 4) is 6.07 Å². The molecule has 0 aliphatic heterocycles. The van der Waals surface area contributed by atoms with Crippen LogP contribution in [0.4, 0.5) is 0 Å². The van der Waals surface area contributed by atoms with Crippen molar-refractivity contribution in [3.05, 3.63) is 59.7 Å². The Bertz CT molecular complexity index is 604. The lowest BCUT2D eigenvalue weighted by atomic mass is 10.2. The summed E-state index contributed by atoms with van der Waals surface area (Å²) in [6.45, 7) is 0.419. The van der Waals surface area contributed by atoms with Gasteiger partial charge < -0.3 is 5.32 Å². The van der Waals surface area contributed by atoms with Crippen LogP contribution in [-0.4, -0.2) is 15.9 Å². The summed E-state index contributed by atoms with van der Waals surface area (Å²) in [7, 11) is 0. The molecule has 94 valence electrons. The highest BCUT2D eigenvalue weighted by Crippen LogP contribution is 2.03. The van der Waals surface area contributed by atoms with Crippen molar-refractivity contribution >= 4 is 5.91 Å². The summed E-state index contributed by atoms with van der Waals surface area (Å²) in [5.74, 6) is -0.189. The first-order chi connectivity index (χ1) is 9.29. The van der Waals surface area contributed by atoms with Crippen molar-refractivity contribution < 1.29 is 4.79 Å². The zero-order valence-electron chi connectivity index (χ0n) is 10.2. The molecule has 1 N–H and O–H groups in total. The van der Waals surface area contributed by atoms with Gasteiger partial charge in [-0.3, -0.25) is 14.8 Å². The highest BCUT2D eigenvalue weighted by molar-refractivity contribution is 5.94. The van der Waals surface area contributed by atoms with Crippen LogP contribution in [0.2, 0.25) is 0 Å². The Labute approximate surface area is 110 Å². The molecule has 19 heavy (non-hydrogen) atoms. The summed E-state index contributed by atoms with van der Waals surface area (Å²) in [5.41, 5.74) is 2.03. The zero-order valence-corrected chi connectivity index (χ0v) is 10.2. The fraction of sp³-hybridized carbons (Fsp3) is 0.143. The van der Waals surface area contributed by atoms with Crippen molar-refractivity contribution in [3.63, 3.8) is 0 Å². The molecule has 2 rings (SSSR count). The summed E-state index contributed by atoms with van der Waals surface area (Å²) in [6.07, 6.45) is 5.12. The summed E-state index contributed by atoms with van der Waals surface area (Å²) in [4.78, 5) is 19.9. The second-order valence-corrected chi connectivity index (χ2v) is 3.91. The van der Waals surface area contributed by atoms with Gasteiger partial charge in [0.1, 0.15) is 0 Å². The van der Waals surface area contributed by atoms with E-state index in [0.29, 0.717) is 17.8 Å². The predicted octanol–water partition coefficient (Wildman–Crippen LogP) is 1.47. The van der Waals surface area contributed by atoms with Crippen molar-refractivity contribution in [1.82, 2.24) is 15.3 Å². The lowest BCUT2D eigenvalue weighted by Gasteiger charge is -2.05. The van der Waals surface area contributed by atoms with Gasteiger partial charge in [0.15, 0.2) is 0 Å². The third kappa shape index (κ3) is 3.61. The van der Waals surface area contributed by atoms with Gasteiger partial charge in [-0.2, -0.15) is 5.26 Å². The monoisotopic (exact) mass is 252 g/mol. The van der Waals surface area contributed by atoms with Gasteiger partial charge in [-0.25, -0.2) is 0 Å². The second kappa shape index (κ2) is 6.26. The van der Waals surface area contributed by atoms with E-state index in [0.717, 1.165) is 5.56 Å². The Balaban J connectivity index is 2.00. The first kappa shape index (κ1) is 12.7. The van der Waals surface area contributed by atoms with Crippen LogP contribution in [0, 0.1) is 11.3 Å². The fourth-order valence-electron chi connectivity index (χ4n) is 1.58. The Morgan fingerprint density at radius 2 is 2.26 bits per heavy atom. The Hall–Kier alpha value is -2.74. The maximum atomic E-state index is 11.9. The summed E-state index contributed by atoms with van der Waals surface area (Å²) in [6, 6.07) is 8.96. The highest BCUT2D eigenvalue weighted by Gasteiger charge is 2.06. The molecule has 2 heterocycles. The van der Waals surface area contributed by atoms with Crippen LogP contribution >= 0.6 is 0 Å². The Morgan fingerprint density at radius 3 is 3.00 bits per heavy atom. The summed E-state index contributed by atoms with van der Waals surface area (Å²) < 4.78 is 0. The van der Waals surface area contributed by atoms with Crippen LogP contribution in [-0.2, 0) is 13.0 Å². The van der Waals surface area contributed by atoms with E-state index in [1.54, 1.807) is 24.5 Å². The van der Waals surface area contributed by atoms with Crippen molar-refractivity contribution in [1.29, 1.82) is 5.26 Å². The van der Waals surface area contributed by atoms with Crippen LogP contribution in [0.25, 0.3) is 0 Å². The summed E-state index contributed by atoms with van der Waals surface area (Å²) in [5, 5.41) is 11.4. The van der Waals surface area contributed by atoms with Crippen LogP contribution in [0.1, 0.15) is 21.6 Å². The molecule has 0 radical (unpaired) electrons. The average Bonchev–Trinajstić information content (AvgIpc) is 2.46. The number of carbonyl (C=O) groups is 1. The summed E-state index contributed by atoms with van der Waals surface area (Å²) >= 11 is 0. The van der Waals surface area contributed by atoms with E-state index in [9.17, 15) is 4.79 Å². The molecule has 0 fully saturated rings. The predicted molar refractivity (Wildman–Crippen MR) is 69.0 cm³/mol. The first-order valence-electron chi connectivity index (χ1n) is 5.78. The van der Waals surface area contributed by atoms with E-state index in [4.69, 9.17) is 5.26 Å². The second-order valence-electron chi connectivity index (χ2n) is 3.91. The molecule has 1 amide bonds. The number of nitriles is 1. The SMILES string of the molecule is N#CCc1cc(C(=O)NCc2cccnc2)ccn1.